The fourth-order valence-corrected chi connectivity index (χ4v) is 2.08. The van der Waals surface area contributed by atoms with Crippen molar-refractivity contribution < 1.29 is 4.79 Å². The maximum absolute atomic E-state index is 12.6. The summed E-state index contributed by atoms with van der Waals surface area (Å²) in [4.78, 5) is 27.9. The number of rotatable bonds is 5. The van der Waals surface area contributed by atoms with E-state index in [2.05, 4.69) is 4.98 Å². The third kappa shape index (κ3) is 3.58. The number of anilines is 1. The van der Waals surface area contributed by atoms with Crippen LogP contribution >= 0.6 is 0 Å². The Hall–Kier alpha value is -2.40. The molecule has 0 fully saturated rings. The number of carbonyl (C=O) groups excluding carboxylic acids is 1. The highest BCUT2D eigenvalue weighted by Gasteiger charge is 2.16. The molecule has 0 unspecified atom stereocenters. The fourth-order valence-electron chi connectivity index (χ4n) is 2.08. The number of hydrogen-bond acceptors (Lipinski definition) is 3. The van der Waals surface area contributed by atoms with Gasteiger partial charge in [-0.1, -0.05) is 19.1 Å². The lowest BCUT2D eigenvalue weighted by atomic mass is 10.1. The third-order valence-electron chi connectivity index (χ3n) is 3.21. The molecule has 1 aromatic heterocycles. The molecule has 0 atom stereocenters. The van der Waals surface area contributed by atoms with Gasteiger partial charge in [-0.05, 0) is 30.2 Å². The molecule has 0 aliphatic heterocycles. The van der Waals surface area contributed by atoms with Crippen molar-refractivity contribution in [3.8, 4) is 0 Å². The summed E-state index contributed by atoms with van der Waals surface area (Å²) < 4.78 is 0. The van der Waals surface area contributed by atoms with E-state index >= 15 is 0 Å². The van der Waals surface area contributed by atoms with Gasteiger partial charge in [0.1, 0.15) is 0 Å². The number of nitrogens with one attached hydrogen (secondary N) is 1. The lowest BCUT2D eigenvalue weighted by molar-refractivity contribution is 0.0986. The van der Waals surface area contributed by atoms with Gasteiger partial charge in [-0.15, -0.1) is 0 Å². The van der Waals surface area contributed by atoms with E-state index < -0.39 is 0 Å². The Balaban J connectivity index is 2.30. The summed E-state index contributed by atoms with van der Waals surface area (Å²) in [6.45, 7) is 3.10. The molecule has 110 valence electrons. The zero-order chi connectivity index (χ0) is 15.2. The number of amides is 1. The maximum atomic E-state index is 12.6. The van der Waals surface area contributed by atoms with Gasteiger partial charge < -0.3 is 15.6 Å². The minimum Gasteiger partial charge on any atom is -0.328 e. The van der Waals surface area contributed by atoms with Crippen LogP contribution in [0.5, 0.6) is 0 Å². The molecule has 0 saturated heterocycles. The second-order valence-electron chi connectivity index (χ2n) is 4.77. The summed E-state index contributed by atoms with van der Waals surface area (Å²) >= 11 is 0. The average Bonchev–Trinajstić information content (AvgIpc) is 2.53. The fraction of sp³-hybridized carbons (Fsp3) is 0.250. The lowest BCUT2D eigenvalue weighted by Gasteiger charge is -2.22. The lowest BCUT2D eigenvalue weighted by Crippen LogP contribution is -2.32. The summed E-state index contributed by atoms with van der Waals surface area (Å²) in [6, 6.07) is 10.5. The van der Waals surface area contributed by atoms with Crippen molar-refractivity contribution >= 4 is 11.6 Å². The SMILES string of the molecule is CCCN(C(=O)c1ccc(=O)[nH]c1)c1ccc(CN)cc1. The van der Waals surface area contributed by atoms with Crippen molar-refractivity contribution in [3.63, 3.8) is 0 Å². The minimum absolute atomic E-state index is 0.131. The Morgan fingerprint density at radius 2 is 1.90 bits per heavy atom. The quantitative estimate of drug-likeness (QED) is 0.880. The van der Waals surface area contributed by atoms with Crippen molar-refractivity contribution in [1.29, 1.82) is 0 Å². The van der Waals surface area contributed by atoms with Crippen LogP contribution < -0.4 is 16.2 Å². The highest BCUT2D eigenvalue weighted by molar-refractivity contribution is 6.05. The summed E-state index contributed by atoms with van der Waals surface area (Å²) in [5, 5.41) is 0. The van der Waals surface area contributed by atoms with E-state index in [9.17, 15) is 9.59 Å². The van der Waals surface area contributed by atoms with Crippen LogP contribution in [-0.4, -0.2) is 17.4 Å². The molecular weight excluding hydrogens is 266 g/mol. The molecule has 1 heterocycles. The van der Waals surface area contributed by atoms with Crippen molar-refractivity contribution in [2.45, 2.75) is 19.9 Å². The first-order chi connectivity index (χ1) is 10.2. The van der Waals surface area contributed by atoms with Crippen LogP contribution in [0.4, 0.5) is 5.69 Å². The van der Waals surface area contributed by atoms with Crippen LogP contribution in [0.1, 0.15) is 29.3 Å². The minimum atomic E-state index is -0.221. The number of carbonyl (C=O) groups is 1. The van der Waals surface area contributed by atoms with Crippen LogP contribution in [0.2, 0.25) is 0 Å². The van der Waals surface area contributed by atoms with Gasteiger partial charge in [-0.3, -0.25) is 9.59 Å². The third-order valence-corrected chi connectivity index (χ3v) is 3.21. The van der Waals surface area contributed by atoms with Gasteiger partial charge in [0.05, 0.1) is 5.56 Å². The number of aromatic amines is 1. The van der Waals surface area contributed by atoms with Crippen molar-refractivity contribution in [1.82, 2.24) is 4.98 Å². The highest BCUT2D eigenvalue weighted by Crippen LogP contribution is 2.18. The highest BCUT2D eigenvalue weighted by atomic mass is 16.2. The second kappa shape index (κ2) is 6.85. The van der Waals surface area contributed by atoms with Gasteiger partial charge in [-0.2, -0.15) is 0 Å². The van der Waals surface area contributed by atoms with Crippen molar-refractivity contribution in [2.75, 3.05) is 11.4 Å². The van der Waals surface area contributed by atoms with Crippen LogP contribution in [0.25, 0.3) is 0 Å². The molecule has 1 aromatic carbocycles. The van der Waals surface area contributed by atoms with Crippen LogP contribution in [0.3, 0.4) is 0 Å². The Morgan fingerprint density at radius 1 is 1.19 bits per heavy atom. The van der Waals surface area contributed by atoms with E-state index in [-0.39, 0.29) is 11.5 Å². The predicted octanol–water partition coefficient (Wildman–Crippen LogP) is 1.89. The van der Waals surface area contributed by atoms with E-state index in [0.29, 0.717) is 18.7 Å². The standard InChI is InChI=1S/C16H19N3O2/c1-2-9-19(14-6-3-12(10-17)4-7-14)16(21)13-5-8-15(20)18-11-13/h3-8,11H,2,9-10,17H2,1H3,(H,18,20). The van der Waals surface area contributed by atoms with E-state index in [0.717, 1.165) is 17.7 Å². The summed E-state index contributed by atoms with van der Waals surface area (Å²) in [5.41, 5.74) is 7.67. The van der Waals surface area contributed by atoms with E-state index in [4.69, 9.17) is 5.73 Å². The van der Waals surface area contributed by atoms with Gasteiger partial charge in [-0.25, -0.2) is 0 Å². The number of hydrogen-bond donors (Lipinski definition) is 2. The van der Waals surface area contributed by atoms with Gasteiger partial charge in [0.25, 0.3) is 5.91 Å². The maximum Gasteiger partial charge on any atom is 0.259 e. The Bertz CT molecular complexity index is 641. The zero-order valence-corrected chi connectivity index (χ0v) is 12.0. The molecule has 0 aliphatic carbocycles. The first-order valence-electron chi connectivity index (χ1n) is 6.95. The van der Waals surface area contributed by atoms with Gasteiger partial charge >= 0.3 is 0 Å². The first-order valence-corrected chi connectivity index (χ1v) is 6.95. The topological polar surface area (TPSA) is 79.2 Å². The predicted molar refractivity (Wildman–Crippen MR) is 83.4 cm³/mol. The van der Waals surface area contributed by atoms with Crippen LogP contribution in [0.15, 0.2) is 47.4 Å². The van der Waals surface area contributed by atoms with E-state index in [1.165, 1.54) is 18.3 Å². The molecule has 21 heavy (non-hydrogen) atoms. The number of H-pyrrole nitrogens is 1. The Kier molecular flexibility index (Phi) is 4.90. The first kappa shape index (κ1) is 15.0. The number of benzene rings is 1. The molecular formula is C16H19N3O2. The normalized spacial score (nSPS) is 10.4. The largest absolute Gasteiger partial charge is 0.328 e. The molecule has 0 saturated carbocycles. The Labute approximate surface area is 123 Å². The number of pyridine rings is 1. The van der Waals surface area contributed by atoms with Crippen LogP contribution in [-0.2, 0) is 6.54 Å². The van der Waals surface area contributed by atoms with Gasteiger partial charge in [0.15, 0.2) is 0 Å². The molecule has 2 rings (SSSR count). The molecule has 5 nitrogen and oxygen atoms in total. The van der Waals surface area contributed by atoms with Crippen molar-refractivity contribution in [2.24, 2.45) is 5.73 Å². The number of nitrogens with zero attached hydrogens (tertiary/aromatic N) is 1. The molecule has 0 bridgehead atoms. The van der Waals surface area contributed by atoms with Crippen molar-refractivity contribution in [3.05, 3.63) is 64.1 Å². The molecule has 0 aliphatic rings. The zero-order valence-electron chi connectivity index (χ0n) is 12.0. The number of aromatic nitrogens is 1. The van der Waals surface area contributed by atoms with Gasteiger partial charge in [0.2, 0.25) is 5.56 Å². The molecule has 0 radical (unpaired) electrons. The van der Waals surface area contributed by atoms with Gasteiger partial charge in [0, 0.05) is 31.0 Å². The van der Waals surface area contributed by atoms with E-state index in [1.807, 2.05) is 31.2 Å². The smallest absolute Gasteiger partial charge is 0.259 e. The Morgan fingerprint density at radius 3 is 2.43 bits per heavy atom. The molecule has 1 amide bonds. The van der Waals surface area contributed by atoms with Crippen LogP contribution in [0, 0.1) is 0 Å². The summed E-state index contributed by atoms with van der Waals surface area (Å²) in [7, 11) is 0. The van der Waals surface area contributed by atoms with E-state index in [1.54, 1.807) is 4.90 Å². The number of nitrogens with two attached hydrogens (primary N) is 1. The average molecular weight is 285 g/mol. The molecule has 2 aromatic rings. The molecule has 0 spiro atoms. The summed E-state index contributed by atoms with van der Waals surface area (Å²) in [5.74, 6) is -0.131. The molecule has 5 heteroatoms. The summed E-state index contributed by atoms with van der Waals surface area (Å²) in [6.07, 6.45) is 2.29. The monoisotopic (exact) mass is 285 g/mol. The second-order valence-corrected chi connectivity index (χ2v) is 4.77. The molecule has 3 N–H and O–H groups in total.